The van der Waals surface area contributed by atoms with Gasteiger partial charge in [0, 0.05) is 13.1 Å². The summed E-state index contributed by atoms with van der Waals surface area (Å²) in [6.07, 6.45) is 5.00. The fourth-order valence-electron chi connectivity index (χ4n) is 3.06. The summed E-state index contributed by atoms with van der Waals surface area (Å²) in [6, 6.07) is 16.5. The Hall–Kier alpha value is -2.20. The van der Waals surface area contributed by atoms with Gasteiger partial charge in [-0.05, 0) is 36.2 Å². The number of para-hydroxylation sites is 2. The van der Waals surface area contributed by atoms with Gasteiger partial charge >= 0.3 is 0 Å². The Morgan fingerprint density at radius 3 is 2.50 bits per heavy atom. The first-order chi connectivity index (χ1) is 12.3. The smallest absolute Gasteiger partial charge is 0.204 e. The van der Waals surface area contributed by atoms with Gasteiger partial charge in [-0.25, -0.2) is 4.98 Å². The summed E-state index contributed by atoms with van der Waals surface area (Å²) in [4.78, 5) is 4.79. The number of nitrogens with zero attached hydrogens (tertiary/aromatic N) is 2. The standard InChI is InChI=1S/C21H27N3O.ClH/c1-3-4-5-8-15-24-20-10-7-6-9-19(20)23-21(24)22-16-17-11-13-18(25-2)14-12-17;/h6-7,9-14H,3-5,8,15-16H2,1-2H3,(H,22,23);1H. The molecule has 3 aromatic rings. The van der Waals surface area contributed by atoms with Crippen molar-refractivity contribution in [3.8, 4) is 5.75 Å². The van der Waals surface area contributed by atoms with E-state index in [9.17, 15) is 0 Å². The molecule has 3 rings (SSSR count). The number of hydrogen-bond acceptors (Lipinski definition) is 3. The third kappa shape index (κ3) is 4.92. The lowest BCUT2D eigenvalue weighted by molar-refractivity contribution is 0.414. The first kappa shape index (κ1) is 20.1. The first-order valence-corrected chi connectivity index (χ1v) is 9.14. The number of rotatable bonds is 9. The second-order valence-corrected chi connectivity index (χ2v) is 6.34. The highest BCUT2D eigenvalue weighted by molar-refractivity contribution is 5.85. The minimum atomic E-state index is 0. The summed E-state index contributed by atoms with van der Waals surface area (Å²) in [5.41, 5.74) is 3.47. The molecule has 4 nitrogen and oxygen atoms in total. The summed E-state index contributed by atoms with van der Waals surface area (Å²) in [5, 5.41) is 3.51. The second kappa shape index (κ2) is 10.1. The number of aromatic nitrogens is 2. The van der Waals surface area contributed by atoms with E-state index in [1.165, 1.54) is 36.8 Å². The Bertz CT molecular complexity index is 799. The topological polar surface area (TPSA) is 39.1 Å². The molecule has 0 spiro atoms. The molecule has 0 aliphatic carbocycles. The summed E-state index contributed by atoms with van der Waals surface area (Å²) < 4.78 is 7.53. The van der Waals surface area contributed by atoms with Gasteiger partial charge in [0.25, 0.3) is 0 Å². The highest BCUT2D eigenvalue weighted by atomic mass is 35.5. The highest BCUT2D eigenvalue weighted by Gasteiger charge is 2.09. The van der Waals surface area contributed by atoms with Crippen LogP contribution in [0, 0.1) is 0 Å². The van der Waals surface area contributed by atoms with Crippen LogP contribution >= 0.6 is 12.4 Å². The highest BCUT2D eigenvalue weighted by Crippen LogP contribution is 2.21. The number of unbranched alkanes of at least 4 members (excludes halogenated alkanes) is 3. The predicted molar refractivity (Wildman–Crippen MR) is 111 cm³/mol. The Morgan fingerprint density at radius 1 is 1.00 bits per heavy atom. The van der Waals surface area contributed by atoms with E-state index < -0.39 is 0 Å². The number of ether oxygens (including phenoxy) is 1. The Morgan fingerprint density at radius 2 is 1.77 bits per heavy atom. The maximum absolute atomic E-state index is 5.22. The summed E-state index contributed by atoms with van der Waals surface area (Å²) in [6.45, 7) is 4.00. The fourth-order valence-corrected chi connectivity index (χ4v) is 3.06. The average molecular weight is 374 g/mol. The molecular formula is C21H28ClN3O. The molecule has 0 saturated carbocycles. The van der Waals surface area contributed by atoms with Crippen LogP contribution < -0.4 is 10.1 Å². The molecule has 1 aromatic heterocycles. The molecule has 0 amide bonds. The normalized spacial score (nSPS) is 10.5. The lowest BCUT2D eigenvalue weighted by atomic mass is 10.2. The third-order valence-corrected chi connectivity index (χ3v) is 4.50. The Kier molecular flexibility index (Phi) is 7.79. The lowest BCUT2D eigenvalue weighted by Gasteiger charge is -2.11. The van der Waals surface area contributed by atoms with E-state index in [4.69, 9.17) is 9.72 Å². The predicted octanol–water partition coefficient (Wildman–Crippen LogP) is 5.66. The molecule has 0 unspecified atom stereocenters. The fraction of sp³-hybridized carbons (Fsp3) is 0.381. The SMILES string of the molecule is CCCCCCn1c(NCc2ccc(OC)cc2)nc2ccccc21.Cl. The zero-order valence-corrected chi connectivity index (χ0v) is 16.4. The molecule has 5 heteroatoms. The zero-order valence-electron chi connectivity index (χ0n) is 15.6. The van der Waals surface area contributed by atoms with Gasteiger partial charge in [0.1, 0.15) is 5.75 Å². The molecule has 0 aliphatic heterocycles. The summed E-state index contributed by atoms with van der Waals surface area (Å²) in [7, 11) is 1.69. The van der Waals surface area contributed by atoms with E-state index in [0.29, 0.717) is 0 Å². The van der Waals surface area contributed by atoms with Gasteiger partial charge in [0.05, 0.1) is 18.1 Å². The van der Waals surface area contributed by atoms with Crippen molar-refractivity contribution in [1.29, 1.82) is 0 Å². The molecule has 0 radical (unpaired) electrons. The van der Waals surface area contributed by atoms with Crippen molar-refractivity contribution in [3.05, 3.63) is 54.1 Å². The molecule has 0 bridgehead atoms. The Balaban J connectivity index is 0.00000243. The number of hydrogen-bond donors (Lipinski definition) is 1. The molecule has 2 aromatic carbocycles. The average Bonchev–Trinajstić information content (AvgIpc) is 3.01. The number of anilines is 1. The molecule has 1 N–H and O–H groups in total. The van der Waals surface area contributed by atoms with Gasteiger partial charge in [0.2, 0.25) is 5.95 Å². The first-order valence-electron chi connectivity index (χ1n) is 9.14. The van der Waals surface area contributed by atoms with Crippen LogP contribution in [0.25, 0.3) is 11.0 Å². The molecule has 140 valence electrons. The second-order valence-electron chi connectivity index (χ2n) is 6.34. The van der Waals surface area contributed by atoms with Crippen molar-refractivity contribution in [3.63, 3.8) is 0 Å². The van der Waals surface area contributed by atoms with Crippen LogP contribution in [0.4, 0.5) is 5.95 Å². The number of aryl methyl sites for hydroxylation is 1. The number of nitrogens with one attached hydrogen (secondary N) is 1. The monoisotopic (exact) mass is 373 g/mol. The summed E-state index contributed by atoms with van der Waals surface area (Å²) >= 11 is 0. The Labute approximate surface area is 162 Å². The van der Waals surface area contributed by atoms with Crippen LogP contribution in [0.1, 0.15) is 38.2 Å². The van der Waals surface area contributed by atoms with E-state index in [1.54, 1.807) is 7.11 Å². The van der Waals surface area contributed by atoms with Crippen molar-refractivity contribution in [2.75, 3.05) is 12.4 Å². The maximum Gasteiger partial charge on any atom is 0.204 e. The van der Waals surface area contributed by atoms with Crippen molar-refractivity contribution in [2.24, 2.45) is 0 Å². The lowest BCUT2D eigenvalue weighted by Crippen LogP contribution is -2.08. The maximum atomic E-state index is 5.22. The number of fused-ring (bicyclic) bond motifs is 1. The molecule has 1 heterocycles. The van der Waals surface area contributed by atoms with Gasteiger partial charge in [0.15, 0.2) is 0 Å². The number of imidazole rings is 1. The van der Waals surface area contributed by atoms with E-state index >= 15 is 0 Å². The number of methoxy groups -OCH3 is 1. The van der Waals surface area contributed by atoms with Crippen molar-refractivity contribution >= 4 is 29.4 Å². The van der Waals surface area contributed by atoms with Crippen molar-refractivity contribution in [1.82, 2.24) is 9.55 Å². The number of benzene rings is 2. The third-order valence-electron chi connectivity index (χ3n) is 4.50. The minimum absolute atomic E-state index is 0. The zero-order chi connectivity index (χ0) is 17.5. The molecule has 0 saturated heterocycles. The molecular weight excluding hydrogens is 346 g/mol. The molecule has 0 aliphatic rings. The van der Waals surface area contributed by atoms with Crippen molar-refractivity contribution < 1.29 is 4.74 Å². The van der Waals surface area contributed by atoms with E-state index in [-0.39, 0.29) is 12.4 Å². The molecule has 26 heavy (non-hydrogen) atoms. The molecule has 0 atom stereocenters. The summed E-state index contributed by atoms with van der Waals surface area (Å²) in [5.74, 6) is 1.83. The van der Waals surface area contributed by atoms with Gasteiger partial charge < -0.3 is 14.6 Å². The minimum Gasteiger partial charge on any atom is -0.497 e. The van der Waals surface area contributed by atoms with Crippen LogP contribution in [0.3, 0.4) is 0 Å². The van der Waals surface area contributed by atoms with Gasteiger partial charge in [-0.3, -0.25) is 0 Å². The van der Waals surface area contributed by atoms with Crippen LogP contribution in [-0.2, 0) is 13.1 Å². The van der Waals surface area contributed by atoms with E-state index in [2.05, 4.69) is 47.1 Å². The van der Waals surface area contributed by atoms with Gasteiger partial charge in [-0.15, -0.1) is 12.4 Å². The van der Waals surface area contributed by atoms with Crippen molar-refractivity contribution in [2.45, 2.75) is 45.7 Å². The van der Waals surface area contributed by atoms with E-state index in [0.717, 1.165) is 30.3 Å². The molecule has 0 fully saturated rings. The van der Waals surface area contributed by atoms with E-state index in [1.807, 2.05) is 18.2 Å². The van der Waals surface area contributed by atoms with Crippen LogP contribution in [0.2, 0.25) is 0 Å². The van der Waals surface area contributed by atoms with Gasteiger partial charge in [-0.2, -0.15) is 0 Å². The van der Waals surface area contributed by atoms with Crippen LogP contribution in [-0.4, -0.2) is 16.7 Å². The largest absolute Gasteiger partial charge is 0.497 e. The van der Waals surface area contributed by atoms with Crippen LogP contribution in [0.5, 0.6) is 5.75 Å². The van der Waals surface area contributed by atoms with Gasteiger partial charge in [-0.1, -0.05) is 50.5 Å². The quantitative estimate of drug-likeness (QED) is 0.492. The van der Waals surface area contributed by atoms with Crippen LogP contribution in [0.15, 0.2) is 48.5 Å². The number of halogens is 1.